The predicted molar refractivity (Wildman–Crippen MR) is 143 cm³/mol. The number of fused-ring (bicyclic) bond motifs is 1. The maximum Gasteiger partial charge on any atom is 0.119 e. The number of hydrogen-bond donors (Lipinski definition) is 0. The first kappa shape index (κ1) is 24.3. The topological polar surface area (TPSA) is 9.23 Å². The van der Waals surface area contributed by atoms with Crippen LogP contribution in [-0.2, 0) is 10.7 Å². The molecule has 3 heteroatoms. The molecule has 3 aromatic carbocycles. The normalized spacial score (nSPS) is 12.5. The van der Waals surface area contributed by atoms with E-state index in [0.29, 0.717) is 0 Å². The molecule has 0 aliphatic heterocycles. The fourth-order valence-electron chi connectivity index (χ4n) is 4.15. The molecule has 0 aromatic heterocycles. The van der Waals surface area contributed by atoms with Gasteiger partial charge in [0.1, 0.15) is 5.75 Å². The van der Waals surface area contributed by atoms with Crippen LogP contribution >= 0.6 is 31.9 Å². The van der Waals surface area contributed by atoms with Gasteiger partial charge in [0.25, 0.3) is 0 Å². The minimum atomic E-state index is 0.722. The lowest BCUT2D eigenvalue weighted by Gasteiger charge is -2.16. The number of halogens is 2. The van der Waals surface area contributed by atoms with Crippen molar-refractivity contribution in [2.75, 3.05) is 6.61 Å². The molecule has 0 heterocycles. The Labute approximate surface area is 204 Å². The number of alkyl halides is 2. The van der Waals surface area contributed by atoms with Crippen LogP contribution in [0.4, 0.5) is 0 Å². The Morgan fingerprint density at radius 3 is 2.16 bits per heavy atom. The fourth-order valence-corrected chi connectivity index (χ4v) is 5.22. The maximum atomic E-state index is 6.05. The second-order valence-corrected chi connectivity index (χ2v) is 10.1. The number of rotatable bonds is 11. The van der Waals surface area contributed by atoms with Crippen molar-refractivity contribution >= 4 is 42.6 Å². The third kappa shape index (κ3) is 6.58. The summed E-state index contributed by atoms with van der Waals surface area (Å²) in [5.41, 5.74) is 5.18. The Kier molecular flexibility index (Phi) is 9.47. The largest absolute Gasteiger partial charge is 0.494 e. The van der Waals surface area contributed by atoms with Gasteiger partial charge in [0, 0.05) is 10.7 Å². The molecular formula is C28H34Br2O. The molecule has 0 N–H and O–H groups in total. The minimum Gasteiger partial charge on any atom is -0.494 e. The molecule has 0 aliphatic carbocycles. The first-order valence-electron chi connectivity index (χ1n) is 11.4. The third-order valence-electron chi connectivity index (χ3n) is 6.04. The summed E-state index contributed by atoms with van der Waals surface area (Å²) in [7, 11) is 0. The van der Waals surface area contributed by atoms with Crippen LogP contribution in [0.3, 0.4) is 0 Å². The van der Waals surface area contributed by atoms with Gasteiger partial charge in [0.05, 0.1) is 6.61 Å². The Morgan fingerprint density at radius 2 is 1.52 bits per heavy atom. The standard InChI is InChI=1S/C28H34Br2O/c1-20(2)7-6-8-21(3)15-16-31-24-13-11-22(12-14-24)27-17-23(18-29)25-9-4-5-10-26(25)28(27)19-30/h4-5,9-14,17,20-21H,6-8,15-16,18-19H2,1-3H3. The van der Waals surface area contributed by atoms with E-state index in [2.05, 4.69) is 107 Å². The summed E-state index contributed by atoms with van der Waals surface area (Å²) < 4.78 is 6.05. The highest BCUT2D eigenvalue weighted by atomic mass is 79.9. The quantitative estimate of drug-likeness (QED) is 0.218. The van der Waals surface area contributed by atoms with Gasteiger partial charge in [-0.3, -0.25) is 0 Å². The molecule has 0 spiro atoms. The second-order valence-electron chi connectivity index (χ2n) is 8.97. The Balaban J connectivity index is 1.68. The molecule has 1 nitrogen and oxygen atoms in total. The van der Waals surface area contributed by atoms with Crippen LogP contribution in [0.5, 0.6) is 5.75 Å². The lowest BCUT2D eigenvalue weighted by atomic mass is 9.92. The van der Waals surface area contributed by atoms with Crippen LogP contribution in [0.1, 0.15) is 57.6 Å². The van der Waals surface area contributed by atoms with Gasteiger partial charge in [-0.05, 0) is 69.5 Å². The van der Waals surface area contributed by atoms with Gasteiger partial charge in [-0.2, -0.15) is 0 Å². The Morgan fingerprint density at radius 1 is 0.806 bits per heavy atom. The fraction of sp³-hybridized carbons (Fsp3) is 0.429. The highest BCUT2D eigenvalue weighted by Gasteiger charge is 2.13. The molecule has 3 aromatic rings. The molecule has 0 bridgehead atoms. The van der Waals surface area contributed by atoms with Gasteiger partial charge < -0.3 is 4.74 Å². The molecule has 0 amide bonds. The zero-order valence-electron chi connectivity index (χ0n) is 19.0. The summed E-state index contributed by atoms with van der Waals surface area (Å²) >= 11 is 7.40. The average Bonchev–Trinajstić information content (AvgIpc) is 2.78. The Bertz CT molecular complexity index is 963. The maximum absolute atomic E-state index is 6.05. The van der Waals surface area contributed by atoms with Crippen LogP contribution in [-0.4, -0.2) is 6.61 Å². The molecule has 166 valence electrons. The molecular weight excluding hydrogens is 512 g/mol. The number of benzene rings is 3. The summed E-state index contributed by atoms with van der Waals surface area (Å²) in [6, 6.07) is 19.6. The van der Waals surface area contributed by atoms with Gasteiger partial charge >= 0.3 is 0 Å². The van der Waals surface area contributed by atoms with Crippen molar-refractivity contribution in [1.29, 1.82) is 0 Å². The van der Waals surface area contributed by atoms with Crippen molar-refractivity contribution in [2.45, 2.75) is 57.1 Å². The molecule has 3 rings (SSSR count). The van der Waals surface area contributed by atoms with Gasteiger partial charge in [-0.15, -0.1) is 0 Å². The third-order valence-corrected chi connectivity index (χ3v) is 7.21. The van der Waals surface area contributed by atoms with E-state index in [-0.39, 0.29) is 0 Å². The summed E-state index contributed by atoms with van der Waals surface area (Å²) in [5.74, 6) is 2.49. The summed E-state index contributed by atoms with van der Waals surface area (Å²) in [4.78, 5) is 0. The zero-order chi connectivity index (χ0) is 22.2. The molecule has 1 atom stereocenters. The Hall–Kier alpha value is -1.32. The first-order valence-corrected chi connectivity index (χ1v) is 13.7. The van der Waals surface area contributed by atoms with Crippen LogP contribution in [0, 0.1) is 11.8 Å². The molecule has 0 fully saturated rings. The first-order chi connectivity index (χ1) is 15.0. The van der Waals surface area contributed by atoms with Crippen LogP contribution in [0.15, 0.2) is 54.6 Å². The van der Waals surface area contributed by atoms with Crippen molar-refractivity contribution in [2.24, 2.45) is 11.8 Å². The van der Waals surface area contributed by atoms with Gasteiger partial charge in [-0.1, -0.05) is 108 Å². The second kappa shape index (κ2) is 12.1. The summed E-state index contributed by atoms with van der Waals surface area (Å²) in [6.45, 7) is 7.74. The van der Waals surface area contributed by atoms with E-state index >= 15 is 0 Å². The van der Waals surface area contributed by atoms with E-state index in [0.717, 1.165) is 41.3 Å². The van der Waals surface area contributed by atoms with E-state index in [1.54, 1.807) is 0 Å². The van der Waals surface area contributed by atoms with Crippen LogP contribution < -0.4 is 4.74 Å². The highest BCUT2D eigenvalue weighted by molar-refractivity contribution is 9.08. The molecule has 1 unspecified atom stereocenters. The molecule has 0 radical (unpaired) electrons. The molecule has 0 aliphatic rings. The zero-order valence-corrected chi connectivity index (χ0v) is 22.1. The number of ether oxygens (including phenoxy) is 1. The summed E-state index contributed by atoms with van der Waals surface area (Å²) in [5, 5.41) is 4.32. The SMILES string of the molecule is CC(C)CCCC(C)CCOc1ccc(-c2cc(CBr)c3ccccc3c2CBr)cc1. The molecule has 0 saturated carbocycles. The van der Waals surface area contributed by atoms with Crippen molar-refractivity contribution in [1.82, 2.24) is 0 Å². The van der Waals surface area contributed by atoms with Gasteiger partial charge in [0.15, 0.2) is 0 Å². The van der Waals surface area contributed by atoms with Crippen molar-refractivity contribution in [3.8, 4) is 16.9 Å². The van der Waals surface area contributed by atoms with Crippen LogP contribution in [0.25, 0.3) is 21.9 Å². The predicted octanol–water partition coefficient (Wildman–Crippen LogP) is 9.53. The van der Waals surface area contributed by atoms with E-state index in [4.69, 9.17) is 4.74 Å². The van der Waals surface area contributed by atoms with E-state index in [9.17, 15) is 0 Å². The molecule has 31 heavy (non-hydrogen) atoms. The van der Waals surface area contributed by atoms with E-state index < -0.39 is 0 Å². The minimum absolute atomic E-state index is 0.722. The van der Waals surface area contributed by atoms with E-state index in [1.165, 1.54) is 52.3 Å². The van der Waals surface area contributed by atoms with Gasteiger partial charge in [0.2, 0.25) is 0 Å². The molecule has 0 saturated heterocycles. The lowest BCUT2D eigenvalue weighted by molar-refractivity contribution is 0.276. The van der Waals surface area contributed by atoms with Gasteiger partial charge in [-0.25, -0.2) is 0 Å². The highest BCUT2D eigenvalue weighted by Crippen LogP contribution is 2.36. The average molecular weight is 546 g/mol. The number of hydrogen-bond acceptors (Lipinski definition) is 1. The monoisotopic (exact) mass is 544 g/mol. The van der Waals surface area contributed by atoms with Crippen molar-refractivity contribution < 1.29 is 4.74 Å². The summed E-state index contributed by atoms with van der Waals surface area (Å²) in [6.07, 6.45) is 5.07. The van der Waals surface area contributed by atoms with Crippen molar-refractivity contribution in [3.05, 3.63) is 65.7 Å². The lowest BCUT2D eigenvalue weighted by Crippen LogP contribution is -2.04. The van der Waals surface area contributed by atoms with Crippen molar-refractivity contribution in [3.63, 3.8) is 0 Å². The smallest absolute Gasteiger partial charge is 0.119 e. The van der Waals surface area contributed by atoms with E-state index in [1.807, 2.05) is 0 Å². The van der Waals surface area contributed by atoms with Crippen LogP contribution in [0.2, 0.25) is 0 Å².